The summed E-state index contributed by atoms with van der Waals surface area (Å²) < 4.78 is 6.14. The standard InChI is InChI=1S/C17H22N2O/c1-18-16-6-2-3-7-17(16)20-12-13-8-9-15-14(11-13)5-4-10-19-15/h4-5,8-11,16-18H,2-3,6-7,12H2,1H3. The Morgan fingerprint density at radius 3 is 3.05 bits per heavy atom. The van der Waals surface area contributed by atoms with E-state index in [2.05, 4.69) is 34.6 Å². The van der Waals surface area contributed by atoms with E-state index in [1.165, 1.54) is 36.6 Å². The summed E-state index contributed by atoms with van der Waals surface area (Å²) in [7, 11) is 2.04. The van der Waals surface area contributed by atoms with E-state index < -0.39 is 0 Å². The van der Waals surface area contributed by atoms with E-state index in [9.17, 15) is 0 Å². The van der Waals surface area contributed by atoms with Crippen LogP contribution in [-0.2, 0) is 11.3 Å². The highest BCUT2D eigenvalue weighted by Crippen LogP contribution is 2.22. The highest BCUT2D eigenvalue weighted by atomic mass is 16.5. The van der Waals surface area contributed by atoms with Gasteiger partial charge in [-0.05, 0) is 43.7 Å². The fourth-order valence-electron chi connectivity index (χ4n) is 3.04. The van der Waals surface area contributed by atoms with Gasteiger partial charge in [-0.25, -0.2) is 0 Å². The smallest absolute Gasteiger partial charge is 0.0732 e. The summed E-state index contributed by atoms with van der Waals surface area (Å²) >= 11 is 0. The molecule has 20 heavy (non-hydrogen) atoms. The first kappa shape index (κ1) is 13.5. The summed E-state index contributed by atoms with van der Waals surface area (Å²) in [6.45, 7) is 0.688. The second-order valence-corrected chi connectivity index (χ2v) is 5.56. The van der Waals surface area contributed by atoms with Crippen LogP contribution in [0.2, 0.25) is 0 Å². The lowest BCUT2D eigenvalue weighted by Crippen LogP contribution is -2.41. The highest BCUT2D eigenvalue weighted by molar-refractivity contribution is 5.78. The SMILES string of the molecule is CNC1CCCCC1OCc1ccc2ncccc2c1. The molecule has 1 aromatic heterocycles. The van der Waals surface area contributed by atoms with Crippen molar-refractivity contribution in [1.82, 2.24) is 10.3 Å². The van der Waals surface area contributed by atoms with Crippen LogP contribution in [0.25, 0.3) is 10.9 Å². The number of nitrogens with zero attached hydrogens (tertiary/aromatic N) is 1. The van der Waals surface area contributed by atoms with Gasteiger partial charge in [0.1, 0.15) is 0 Å². The van der Waals surface area contributed by atoms with Gasteiger partial charge in [0.25, 0.3) is 0 Å². The number of fused-ring (bicyclic) bond motifs is 1. The average molecular weight is 270 g/mol. The summed E-state index contributed by atoms with van der Waals surface area (Å²) in [4.78, 5) is 4.35. The molecule has 3 rings (SSSR count). The van der Waals surface area contributed by atoms with Crippen LogP contribution in [0.4, 0.5) is 0 Å². The molecular formula is C17H22N2O. The van der Waals surface area contributed by atoms with Gasteiger partial charge in [0.05, 0.1) is 18.2 Å². The number of hydrogen-bond acceptors (Lipinski definition) is 3. The van der Waals surface area contributed by atoms with Gasteiger partial charge >= 0.3 is 0 Å². The molecule has 0 aliphatic heterocycles. The molecule has 0 bridgehead atoms. The van der Waals surface area contributed by atoms with E-state index in [0.717, 1.165) is 5.52 Å². The summed E-state index contributed by atoms with van der Waals surface area (Å²) in [6, 6.07) is 11.0. The number of nitrogens with one attached hydrogen (secondary N) is 1. The number of hydrogen-bond donors (Lipinski definition) is 1. The molecule has 106 valence electrons. The summed E-state index contributed by atoms with van der Waals surface area (Å²) in [5.41, 5.74) is 2.27. The van der Waals surface area contributed by atoms with Crippen molar-refractivity contribution < 1.29 is 4.74 Å². The van der Waals surface area contributed by atoms with Crippen molar-refractivity contribution in [3.8, 4) is 0 Å². The lowest BCUT2D eigenvalue weighted by atomic mass is 9.92. The maximum Gasteiger partial charge on any atom is 0.0732 e. The molecule has 3 nitrogen and oxygen atoms in total. The molecule has 0 amide bonds. The molecule has 1 N–H and O–H groups in total. The number of aromatic nitrogens is 1. The first-order valence-electron chi connectivity index (χ1n) is 7.49. The minimum Gasteiger partial charge on any atom is -0.372 e. The lowest BCUT2D eigenvalue weighted by molar-refractivity contribution is -0.00357. The second kappa shape index (κ2) is 6.33. The maximum atomic E-state index is 6.14. The minimum absolute atomic E-state index is 0.346. The maximum absolute atomic E-state index is 6.14. The first-order valence-corrected chi connectivity index (χ1v) is 7.49. The van der Waals surface area contributed by atoms with Crippen molar-refractivity contribution in [2.45, 2.75) is 44.4 Å². The van der Waals surface area contributed by atoms with Gasteiger partial charge in [0.2, 0.25) is 0 Å². The summed E-state index contributed by atoms with van der Waals surface area (Å²) in [5.74, 6) is 0. The second-order valence-electron chi connectivity index (χ2n) is 5.56. The van der Waals surface area contributed by atoms with Gasteiger partial charge in [0, 0.05) is 17.6 Å². The van der Waals surface area contributed by atoms with Crippen molar-refractivity contribution in [3.63, 3.8) is 0 Å². The van der Waals surface area contributed by atoms with Gasteiger partial charge in [-0.15, -0.1) is 0 Å². The lowest BCUT2D eigenvalue weighted by Gasteiger charge is -2.31. The first-order chi connectivity index (χ1) is 9.86. The van der Waals surface area contributed by atoms with Crippen LogP contribution in [0.1, 0.15) is 31.2 Å². The fraction of sp³-hybridized carbons (Fsp3) is 0.471. The third-order valence-electron chi connectivity index (χ3n) is 4.20. The monoisotopic (exact) mass is 270 g/mol. The molecule has 2 aromatic rings. The molecule has 1 saturated carbocycles. The van der Waals surface area contributed by atoms with Crippen LogP contribution < -0.4 is 5.32 Å². The highest BCUT2D eigenvalue weighted by Gasteiger charge is 2.24. The number of rotatable bonds is 4. The molecule has 0 radical (unpaired) electrons. The third-order valence-corrected chi connectivity index (χ3v) is 4.20. The van der Waals surface area contributed by atoms with Crippen LogP contribution >= 0.6 is 0 Å². The molecule has 2 unspecified atom stereocenters. The summed E-state index contributed by atoms with van der Waals surface area (Å²) in [5, 5.41) is 4.57. The Labute approximate surface area is 120 Å². The average Bonchev–Trinajstić information content (AvgIpc) is 2.53. The molecule has 0 saturated heterocycles. The molecule has 1 heterocycles. The van der Waals surface area contributed by atoms with E-state index in [-0.39, 0.29) is 0 Å². The minimum atomic E-state index is 0.346. The van der Waals surface area contributed by atoms with E-state index in [0.29, 0.717) is 18.8 Å². The largest absolute Gasteiger partial charge is 0.372 e. The van der Waals surface area contributed by atoms with Crippen LogP contribution in [0.5, 0.6) is 0 Å². The Kier molecular flexibility index (Phi) is 4.28. The van der Waals surface area contributed by atoms with Gasteiger partial charge in [-0.1, -0.05) is 25.0 Å². The predicted molar refractivity (Wildman–Crippen MR) is 81.6 cm³/mol. The normalized spacial score (nSPS) is 23.1. The van der Waals surface area contributed by atoms with Gasteiger partial charge in [0.15, 0.2) is 0 Å². The zero-order valence-electron chi connectivity index (χ0n) is 12.0. The Bertz CT molecular complexity index is 570. The van der Waals surface area contributed by atoms with E-state index >= 15 is 0 Å². The fourth-order valence-corrected chi connectivity index (χ4v) is 3.04. The zero-order chi connectivity index (χ0) is 13.8. The number of likely N-dealkylation sites (N-methyl/N-ethyl adjacent to an activating group) is 1. The molecule has 2 atom stereocenters. The van der Waals surface area contributed by atoms with Gasteiger partial charge in [-0.3, -0.25) is 4.98 Å². The Balaban J connectivity index is 1.67. The Morgan fingerprint density at radius 1 is 1.25 bits per heavy atom. The van der Waals surface area contributed by atoms with E-state index in [4.69, 9.17) is 4.74 Å². The van der Waals surface area contributed by atoms with Gasteiger partial charge in [-0.2, -0.15) is 0 Å². The molecular weight excluding hydrogens is 248 g/mol. The molecule has 1 aromatic carbocycles. The van der Waals surface area contributed by atoms with Crippen molar-refractivity contribution in [2.24, 2.45) is 0 Å². The summed E-state index contributed by atoms with van der Waals surface area (Å²) in [6.07, 6.45) is 7.16. The van der Waals surface area contributed by atoms with Crippen LogP contribution in [-0.4, -0.2) is 24.2 Å². The van der Waals surface area contributed by atoms with Gasteiger partial charge < -0.3 is 10.1 Å². The quantitative estimate of drug-likeness (QED) is 0.925. The Morgan fingerprint density at radius 2 is 2.15 bits per heavy atom. The van der Waals surface area contributed by atoms with E-state index in [1.807, 2.05) is 19.3 Å². The molecule has 0 spiro atoms. The molecule has 1 aliphatic carbocycles. The Hall–Kier alpha value is -1.45. The van der Waals surface area contributed by atoms with Crippen molar-refractivity contribution in [1.29, 1.82) is 0 Å². The number of benzene rings is 1. The van der Waals surface area contributed by atoms with Crippen LogP contribution in [0.15, 0.2) is 36.5 Å². The number of pyridine rings is 1. The molecule has 1 aliphatic rings. The third kappa shape index (κ3) is 3.00. The van der Waals surface area contributed by atoms with Crippen LogP contribution in [0.3, 0.4) is 0 Å². The van der Waals surface area contributed by atoms with Crippen molar-refractivity contribution in [3.05, 3.63) is 42.1 Å². The van der Waals surface area contributed by atoms with Crippen LogP contribution in [0, 0.1) is 0 Å². The molecule has 1 fully saturated rings. The molecule has 3 heteroatoms. The predicted octanol–water partition coefficient (Wildman–Crippen LogP) is 3.28. The van der Waals surface area contributed by atoms with E-state index in [1.54, 1.807) is 0 Å². The zero-order valence-corrected chi connectivity index (χ0v) is 12.0. The van der Waals surface area contributed by atoms with Crippen molar-refractivity contribution >= 4 is 10.9 Å². The number of ether oxygens (including phenoxy) is 1. The topological polar surface area (TPSA) is 34.1 Å². The van der Waals surface area contributed by atoms with Crippen molar-refractivity contribution in [2.75, 3.05) is 7.05 Å².